The standard InChI is InChI=1S/C12H18BrNO2S2/c1-9-7-11(17-12(9)13)18(15,16)14(2)8-10-5-3-4-6-10/h7,10H,3-6,8H2,1-2H3. The van der Waals surface area contributed by atoms with Crippen LogP contribution in [-0.4, -0.2) is 26.3 Å². The molecule has 1 aliphatic rings. The summed E-state index contributed by atoms with van der Waals surface area (Å²) < 4.78 is 27.7. The molecule has 1 aromatic rings. The first kappa shape index (κ1) is 14.5. The maximum atomic E-state index is 12.4. The van der Waals surface area contributed by atoms with Gasteiger partial charge in [-0.1, -0.05) is 12.8 Å². The smallest absolute Gasteiger partial charge is 0.206 e. The van der Waals surface area contributed by atoms with Gasteiger partial charge in [0.2, 0.25) is 0 Å². The molecule has 0 spiro atoms. The van der Waals surface area contributed by atoms with Gasteiger partial charge in [-0.3, -0.25) is 0 Å². The number of sulfonamides is 1. The van der Waals surface area contributed by atoms with Crippen LogP contribution in [0.3, 0.4) is 0 Å². The summed E-state index contributed by atoms with van der Waals surface area (Å²) in [5, 5.41) is 0. The van der Waals surface area contributed by atoms with Gasteiger partial charge in [-0.05, 0) is 53.2 Å². The minimum atomic E-state index is -3.31. The Morgan fingerprint density at radius 3 is 2.56 bits per heavy atom. The summed E-state index contributed by atoms with van der Waals surface area (Å²) in [5.74, 6) is 0.536. The average Bonchev–Trinajstić information content (AvgIpc) is 2.90. The van der Waals surface area contributed by atoms with Crippen LogP contribution in [0.4, 0.5) is 0 Å². The van der Waals surface area contributed by atoms with E-state index in [1.54, 1.807) is 13.1 Å². The molecule has 0 aromatic carbocycles. The van der Waals surface area contributed by atoms with Gasteiger partial charge in [0, 0.05) is 13.6 Å². The number of thiophene rings is 1. The van der Waals surface area contributed by atoms with Crippen LogP contribution in [0.1, 0.15) is 31.2 Å². The van der Waals surface area contributed by atoms with Crippen molar-refractivity contribution in [1.82, 2.24) is 4.31 Å². The summed E-state index contributed by atoms with van der Waals surface area (Å²) in [6.07, 6.45) is 4.80. The summed E-state index contributed by atoms with van der Waals surface area (Å²) in [5.41, 5.74) is 0.979. The Kier molecular flexibility index (Phi) is 4.52. The lowest BCUT2D eigenvalue weighted by Gasteiger charge is -2.19. The summed E-state index contributed by atoms with van der Waals surface area (Å²) >= 11 is 4.68. The molecule has 1 aliphatic carbocycles. The molecule has 2 rings (SSSR count). The minimum Gasteiger partial charge on any atom is -0.206 e. The minimum absolute atomic E-state index is 0.437. The second-order valence-corrected chi connectivity index (χ2v) is 9.60. The molecule has 102 valence electrons. The van der Waals surface area contributed by atoms with Crippen molar-refractivity contribution in [2.75, 3.05) is 13.6 Å². The molecule has 0 unspecified atom stereocenters. The van der Waals surface area contributed by atoms with Gasteiger partial charge in [-0.15, -0.1) is 11.3 Å². The second kappa shape index (κ2) is 5.61. The number of rotatable bonds is 4. The zero-order valence-electron chi connectivity index (χ0n) is 10.6. The fraction of sp³-hybridized carbons (Fsp3) is 0.667. The van der Waals surface area contributed by atoms with E-state index in [-0.39, 0.29) is 0 Å². The highest BCUT2D eigenvalue weighted by molar-refractivity contribution is 9.11. The number of hydrogen-bond donors (Lipinski definition) is 0. The van der Waals surface area contributed by atoms with E-state index in [2.05, 4.69) is 15.9 Å². The van der Waals surface area contributed by atoms with Crippen molar-refractivity contribution in [2.24, 2.45) is 5.92 Å². The molecule has 18 heavy (non-hydrogen) atoms. The summed E-state index contributed by atoms with van der Waals surface area (Å²) in [7, 11) is -1.62. The lowest BCUT2D eigenvalue weighted by atomic mass is 10.1. The molecule has 0 radical (unpaired) electrons. The van der Waals surface area contributed by atoms with Gasteiger partial charge in [-0.25, -0.2) is 8.42 Å². The highest BCUT2D eigenvalue weighted by Crippen LogP contribution is 2.33. The molecule has 6 heteroatoms. The first-order valence-electron chi connectivity index (χ1n) is 6.13. The third-order valence-corrected chi connectivity index (χ3v) is 7.90. The van der Waals surface area contributed by atoms with Crippen molar-refractivity contribution in [1.29, 1.82) is 0 Å². The molecule has 1 aromatic heterocycles. The van der Waals surface area contributed by atoms with Crippen LogP contribution in [0.15, 0.2) is 14.1 Å². The lowest BCUT2D eigenvalue weighted by Crippen LogP contribution is -2.30. The fourth-order valence-corrected chi connectivity index (χ4v) is 6.05. The number of aryl methyl sites for hydroxylation is 1. The van der Waals surface area contributed by atoms with E-state index >= 15 is 0 Å². The third kappa shape index (κ3) is 2.98. The normalized spacial score (nSPS) is 17.8. The van der Waals surface area contributed by atoms with E-state index in [4.69, 9.17) is 0 Å². The Hall–Kier alpha value is 0.0900. The van der Waals surface area contributed by atoms with Crippen LogP contribution in [0.5, 0.6) is 0 Å². The average molecular weight is 352 g/mol. The quantitative estimate of drug-likeness (QED) is 0.830. The highest BCUT2D eigenvalue weighted by Gasteiger charge is 2.27. The van der Waals surface area contributed by atoms with E-state index in [0.717, 1.165) is 22.2 Å². The van der Waals surface area contributed by atoms with Crippen LogP contribution in [-0.2, 0) is 10.0 Å². The molecular weight excluding hydrogens is 334 g/mol. The van der Waals surface area contributed by atoms with Gasteiger partial charge in [0.15, 0.2) is 0 Å². The largest absolute Gasteiger partial charge is 0.252 e. The van der Waals surface area contributed by atoms with Gasteiger partial charge in [0.05, 0.1) is 3.79 Å². The molecule has 0 saturated heterocycles. The fourth-order valence-electron chi connectivity index (χ4n) is 2.37. The third-order valence-electron chi connectivity index (χ3n) is 3.49. The van der Waals surface area contributed by atoms with E-state index < -0.39 is 10.0 Å². The number of hydrogen-bond acceptors (Lipinski definition) is 3. The topological polar surface area (TPSA) is 37.4 Å². The van der Waals surface area contributed by atoms with Crippen LogP contribution < -0.4 is 0 Å². The van der Waals surface area contributed by atoms with Crippen molar-refractivity contribution in [3.63, 3.8) is 0 Å². The van der Waals surface area contributed by atoms with Gasteiger partial charge < -0.3 is 0 Å². The summed E-state index contributed by atoms with van der Waals surface area (Å²) in [6.45, 7) is 2.56. The number of nitrogens with zero attached hydrogens (tertiary/aromatic N) is 1. The predicted molar refractivity (Wildman–Crippen MR) is 78.5 cm³/mol. The maximum absolute atomic E-state index is 12.4. The molecule has 1 fully saturated rings. The molecular formula is C12H18BrNO2S2. The van der Waals surface area contributed by atoms with Crippen LogP contribution >= 0.6 is 27.3 Å². The predicted octanol–water partition coefficient (Wildman–Crippen LogP) is 3.63. The van der Waals surface area contributed by atoms with E-state index in [9.17, 15) is 8.42 Å². The van der Waals surface area contributed by atoms with Crippen molar-refractivity contribution < 1.29 is 8.42 Å². The maximum Gasteiger partial charge on any atom is 0.252 e. The highest BCUT2D eigenvalue weighted by atomic mass is 79.9. The van der Waals surface area contributed by atoms with E-state index in [0.29, 0.717) is 16.7 Å². The Balaban J connectivity index is 2.14. The zero-order valence-corrected chi connectivity index (χ0v) is 13.9. The molecule has 0 atom stereocenters. The van der Waals surface area contributed by atoms with Gasteiger partial charge in [0.1, 0.15) is 4.21 Å². The first-order valence-corrected chi connectivity index (χ1v) is 9.18. The Bertz CT molecular complexity index is 499. The van der Waals surface area contributed by atoms with Gasteiger partial charge >= 0.3 is 0 Å². The van der Waals surface area contributed by atoms with Gasteiger partial charge in [0.25, 0.3) is 10.0 Å². The zero-order chi connectivity index (χ0) is 13.3. The Labute approximate surface area is 121 Å². The molecule has 3 nitrogen and oxygen atoms in total. The van der Waals surface area contributed by atoms with E-state index in [1.807, 2.05) is 6.92 Å². The SMILES string of the molecule is Cc1cc(S(=O)(=O)N(C)CC2CCCC2)sc1Br. The van der Waals surface area contributed by atoms with Crippen LogP contribution in [0.25, 0.3) is 0 Å². The van der Waals surface area contributed by atoms with E-state index in [1.165, 1.54) is 28.5 Å². The molecule has 0 amide bonds. The molecule has 1 heterocycles. The molecule has 1 saturated carbocycles. The van der Waals surface area contributed by atoms with Crippen LogP contribution in [0.2, 0.25) is 0 Å². The van der Waals surface area contributed by atoms with Crippen molar-refractivity contribution in [2.45, 2.75) is 36.8 Å². The molecule has 0 bridgehead atoms. The van der Waals surface area contributed by atoms with Crippen LogP contribution in [0, 0.1) is 12.8 Å². The summed E-state index contributed by atoms with van der Waals surface area (Å²) in [6, 6.07) is 1.75. The number of halogens is 1. The first-order chi connectivity index (χ1) is 8.41. The molecule has 0 aliphatic heterocycles. The van der Waals surface area contributed by atoms with Crippen molar-refractivity contribution >= 4 is 37.3 Å². The van der Waals surface area contributed by atoms with Crippen molar-refractivity contribution in [3.05, 3.63) is 15.4 Å². The Morgan fingerprint density at radius 1 is 1.44 bits per heavy atom. The lowest BCUT2D eigenvalue weighted by molar-refractivity contribution is 0.388. The molecule has 0 N–H and O–H groups in total. The van der Waals surface area contributed by atoms with Crippen molar-refractivity contribution in [3.8, 4) is 0 Å². The monoisotopic (exact) mass is 351 g/mol. The Morgan fingerprint density at radius 2 is 2.06 bits per heavy atom. The second-order valence-electron chi connectivity index (χ2n) is 4.96. The van der Waals surface area contributed by atoms with Gasteiger partial charge in [-0.2, -0.15) is 4.31 Å². The summed E-state index contributed by atoms with van der Waals surface area (Å²) in [4.78, 5) is 0.